The molecule has 0 aromatic heterocycles. The number of ketones is 3. The minimum absolute atomic E-state index is 0.000794. The molecule has 1 heterocycles. The quantitative estimate of drug-likeness (QED) is 0.0114. The van der Waals surface area contributed by atoms with Gasteiger partial charge in [0.25, 0.3) is 23.6 Å². The zero-order valence-electron chi connectivity index (χ0n) is 56.7. The van der Waals surface area contributed by atoms with E-state index in [4.69, 9.17) is 50.5 Å². The second-order valence-electron chi connectivity index (χ2n) is 23.5. The molecule has 10 N–H and O–H groups in total. The summed E-state index contributed by atoms with van der Waals surface area (Å²) in [5, 5.41) is 62.2. The fraction of sp³-hybridized carbons (Fsp3) is 0.227. The molecule has 9 rings (SSSR count). The minimum atomic E-state index is -1.05. The molecule has 0 fully saturated rings. The van der Waals surface area contributed by atoms with Gasteiger partial charge in [-0.1, -0.05) is 109 Å². The Labute approximate surface area is 592 Å². The van der Waals surface area contributed by atoms with E-state index in [0.717, 1.165) is 33.4 Å². The van der Waals surface area contributed by atoms with E-state index in [1.165, 1.54) is 58.2 Å². The van der Waals surface area contributed by atoms with Crippen LogP contribution in [0.3, 0.4) is 0 Å². The van der Waals surface area contributed by atoms with E-state index in [-0.39, 0.29) is 80.3 Å². The Bertz CT molecular complexity index is 4300. The van der Waals surface area contributed by atoms with Gasteiger partial charge in [-0.3, -0.25) is 74.0 Å². The van der Waals surface area contributed by atoms with Gasteiger partial charge in [-0.05, 0) is 138 Å². The summed E-state index contributed by atoms with van der Waals surface area (Å²) >= 11 is 0. The van der Waals surface area contributed by atoms with Crippen LogP contribution < -0.4 is 36.1 Å². The zero-order valence-corrected chi connectivity index (χ0v) is 56.7. The van der Waals surface area contributed by atoms with Crippen LogP contribution in [0.5, 0.6) is 17.2 Å². The van der Waals surface area contributed by atoms with Crippen molar-refractivity contribution in [1.29, 1.82) is 5.26 Å². The summed E-state index contributed by atoms with van der Waals surface area (Å²) in [6, 6.07) is 53.5. The molecule has 0 unspecified atom stereocenters. The van der Waals surface area contributed by atoms with Crippen LogP contribution in [0.4, 0.5) is 4.39 Å². The Balaban J connectivity index is 0.000000216. The third-order valence-electron chi connectivity index (χ3n) is 15.3. The molecule has 4 amide bonds. The second kappa shape index (κ2) is 41.0. The van der Waals surface area contributed by atoms with Gasteiger partial charge in [-0.15, -0.1) is 0 Å². The summed E-state index contributed by atoms with van der Waals surface area (Å²) in [4.78, 5) is 110. The summed E-state index contributed by atoms with van der Waals surface area (Å²) in [6.07, 6.45) is 0. The van der Waals surface area contributed by atoms with Crippen molar-refractivity contribution in [2.45, 2.75) is 73.1 Å². The molecule has 0 aliphatic carbocycles. The lowest BCUT2D eigenvalue weighted by Gasteiger charge is -2.22. The van der Waals surface area contributed by atoms with Crippen LogP contribution in [0.2, 0.25) is 0 Å². The molecular formula is C75H78FN9O18. The van der Waals surface area contributed by atoms with Crippen LogP contribution in [-0.2, 0) is 71.5 Å². The lowest BCUT2D eigenvalue weighted by Crippen LogP contribution is -2.35. The SMILES string of the molecule is CC(=O)c1ccc(CN(CC(=O)NO)Cc2cccc(C(=O)O)c2)cc1.CC(=O)c1cccc(CN(CC(=O)NO)Cc2ccc(C#N)cc2)c1.CC(=O)c1cccc(CN(CC(=O)NO)Cc2ccc3c(c2)OCO3)c1.COc1ccc(CN(CC(=O)NO)Cc2cccc(C(=O)O)c2)cc1F. The number of hydrogen-bond donors (Lipinski definition) is 10. The zero-order chi connectivity index (χ0) is 75.0. The number of halogens is 1. The third-order valence-corrected chi connectivity index (χ3v) is 15.3. The number of ether oxygens (including phenoxy) is 3. The molecule has 103 heavy (non-hydrogen) atoms. The molecule has 1 aliphatic rings. The standard InChI is InChI=1S/C19H19N3O3.2C19H20N2O5.C18H19FN2O5/c1-14(23)18-4-2-3-17(9-18)12-22(13-19(24)21-25)11-16-7-5-15(10-20)6-8-16;1-13(22)16-4-2-3-14(7-16)9-21(11-19(23)20-24)10-15-5-6-17-18(8-15)26-12-25-17;1-13(22)16-7-5-14(6-8-16)10-21(12-18(23)20-26)11-15-3-2-4-17(9-15)19(24)25;1-26-16-6-5-13(8-15(16)19)10-21(11-17(22)20-25)9-12-3-2-4-14(7-12)18(23)24/h2-9,25H,11-13H2,1H3,(H,21,24);2-8,24H,9-12H2,1H3,(H,20,23);2-9,26H,10-12H2,1H3,(H,20,23)(H,24,25);2-8,25H,9-11H2,1H3,(H,20,22)(H,23,24). The van der Waals surface area contributed by atoms with Crippen LogP contribution in [-0.4, -0.2) is 144 Å². The number of carboxylic acids is 2. The first-order valence-corrected chi connectivity index (χ1v) is 31.6. The van der Waals surface area contributed by atoms with Crippen LogP contribution in [0.25, 0.3) is 0 Å². The van der Waals surface area contributed by atoms with Gasteiger partial charge < -0.3 is 24.4 Å². The number of nitriles is 1. The number of carbonyl (C=O) groups is 9. The number of methoxy groups -OCH3 is 1. The van der Waals surface area contributed by atoms with Crippen molar-refractivity contribution >= 4 is 52.9 Å². The van der Waals surface area contributed by atoms with Gasteiger partial charge in [0.1, 0.15) is 0 Å². The Hall–Kier alpha value is -11.9. The van der Waals surface area contributed by atoms with Crippen LogP contribution >= 0.6 is 0 Å². The van der Waals surface area contributed by atoms with Crippen molar-refractivity contribution < 1.29 is 92.8 Å². The molecule has 0 bridgehead atoms. The number of rotatable bonds is 30. The number of carbonyl (C=O) groups excluding carboxylic acids is 7. The average molecular weight is 1410 g/mol. The molecule has 0 saturated carbocycles. The number of hydroxylamine groups is 4. The molecule has 28 heteroatoms. The average Bonchev–Trinajstić information content (AvgIpc) is 1.83. The third kappa shape index (κ3) is 27.3. The van der Waals surface area contributed by atoms with Gasteiger partial charge in [0, 0.05) is 69.0 Å². The number of benzene rings is 8. The smallest absolute Gasteiger partial charge is 0.335 e. The first-order chi connectivity index (χ1) is 49.4. The number of amides is 4. The molecule has 538 valence electrons. The van der Waals surface area contributed by atoms with Crippen molar-refractivity contribution in [2.24, 2.45) is 0 Å². The van der Waals surface area contributed by atoms with Crippen molar-refractivity contribution in [1.82, 2.24) is 41.5 Å². The highest BCUT2D eigenvalue weighted by Gasteiger charge is 2.20. The highest BCUT2D eigenvalue weighted by atomic mass is 19.1. The summed E-state index contributed by atoms with van der Waals surface area (Å²) < 4.78 is 29.4. The Morgan fingerprint density at radius 2 is 0.718 bits per heavy atom. The summed E-state index contributed by atoms with van der Waals surface area (Å²) in [6.45, 7) is 7.49. The number of nitrogens with zero attached hydrogens (tertiary/aromatic N) is 5. The fourth-order valence-corrected chi connectivity index (χ4v) is 10.5. The Morgan fingerprint density at radius 1 is 0.408 bits per heavy atom. The fourth-order valence-electron chi connectivity index (χ4n) is 10.5. The van der Waals surface area contributed by atoms with Crippen LogP contribution in [0.1, 0.15) is 123 Å². The van der Waals surface area contributed by atoms with Crippen molar-refractivity contribution in [3.63, 3.8) is 0 Å². The highest BCUT2D eigenvalue weighted by molar-refractivity contribution is 5.95. The molecule has 1 aliphatic heterocycles. The maximum absolute atomic E-state index is 13.9. The van der Waals surface area contributed by atoms with Gasteiger partial charge in [0.2, 0.25) is 6.79 Å². The molecule has 8 aromatic rings. The van der Waals surface area contributed by atoms with Gasteiger partial charge in [0.05, 0.1) is 56.0 Å². The Morgan fingerprint density at radius 3 is 1.06 bits per heavy atom. The van der Waals surface area contributed by atoms with E-state index in [0.29, 0.717) is 84.1 Å². The molecule has 27 nitrogen and oxygen atoms in total. The first-order valence-electron chi connectivity index (χ1n) is 31.6. The molecule has 0 spiro atoms. The van der Waals surface area contributed by atoms with E-state index in [1.54, 1.807) is 129 Å². The van der Waals surface area contributed by atoms with E-state index in [2.05, 4.69) is 6.07 Å². The largest absolute Gasteiger partial charge is 0.494 e. The number of carboxylic acid groups (broad SMARTS) is 2. The molecule has 0 radical (unpaired) electrons. The van der Waals surface area contributed by atoms with E-state index < -0.39 is 41.4 Å². The molecule has 0 atom stereocenters. The lowest BCUT2D eigenvalue weighted by molar-refractivity contribution is -0.131. The van der Waals surface area contributed by atoms with Gasteiger partial charge in [-0.2, -0.15) is 5.26 Å². The number of nitrogens with one attached hydrogen (secondary N) is 4. The molecular weight excluding hydrogens is 1330 g/mol. The maximum Gasteiger partial charge on any atom is 0.335 e. The normalized spacial score (nSPS) is 11.0. The van der Waals surface area contributed by atoms with Gasteiger partial charge >= 0.3 is 11.9 Å². The van der Waals surface area contributed by atoms with E-state index >= 15 is 0 Å². The number of fused-ring (bicyclic) bond motifs is 1. The summed E-state index contributed by atoms with van der Waals surface area (Å²) in [7, 11) is 1.37. The van der Waals surface area contributed by atoms with Crippen molar-refractivity contribution in [2.75, 3.05) is 40.1 Å². The predicted molar refractivity (Wildman–Crippen MR) is 369 cm³/mol. The van der Waals surface area contributed by atoms with E-state index in [1.807, 2.05) is 64.4 Å². The number of hydrogen-bond acceptors (Lipinski definition) is 21. The minimum Gasteiger partial charge on any atom is -0.494 e. The Kier molecular flexibility index (Phi) is 31.9. The van der Waals surface area contributed by atoms with Gasteiger partial charge in [-0.25, -0.2) is 35.9 Å². The van der Waals surface area contributed by atoms with Crippen LogP contribution in [0.15, 0.2) is 182 Å². The lowest BCUT2D eigenvalue weighted by atomic mass is 10.1. The summed E-state index contributed by atoms with van der Waals surface area (Å²) in [5.74, 6) is -3.40. The maximum atomic E-state index is 13.9. The van der Waals surface area contributed by atoms with Crippen molar-refractivity contribution in [3.8, 4) is 23.3 Å². The molecule has 8 aromatic carbocycles. The van der Waals surface area contributed by atoms with Gasteiger partial charge in [0.15, 0.2) is 40.4 Å². The molecule has 0 saturated heterocycles. The van der Waals surface area contributed by atoms with Crippen LogP contribution in [0, 0.1) is 17.1 Å². The monoisotopic (exact) mass is 1410 g/mol. The second-order valence-corrected chi connectivity index (χ2v) is 23.5. The highest BCUT2D eigenvalue weighted by Crippen LogP contribution is 2.33. The first kappa shape index (κ1) is 80.1. The van der Waals surface area contributed by atoms with Crippen molar-refractivity contribution in [3.05, 3.63) is 266 Å². The number of Topliss-reactive ketones (excluding diaryl/α,β-unsaturated/α-hetero) is 3. The van der Waals surface area contributed by atoms with E-state index in [9.17, 15) is 47.5 Å². The predicted octanol–water partition coefficient (Wildman–Crippen LogP) is 8.53. The summed E-state index contributed by atoms with van der Waals surface area (Å²) in [5.41, 5.74) is 15.7. The topological polar surface area (TPSA) is 388 Å². The number of aromatic carboxylic acids is 2.